The molecule has 3 aromatic heterocycles. The molecule has 4 rings (SSSR count). The van der Waals surface area contributed by atoms with Crippen LogP contribution in [0.1, 0.15) is 53.0 Å². The van der Waals surface area contributed by atoms with E-state index >= 15 is 0 Å². The summed E-state index contributed by atoms with van der Waals surface area (Å²) >= 11 is 0. The van der Waals surface area contributed by atoms with E-state index in [9.17, 15) is 14.0 Å². The van der Waals surface area contributed by atoms with Gasteiger partial charge in [-0.1, -0.05) is 6.42 Å². The van der Waals surface area contributed by atoms with Crippen LogP contribution in [0.4, 0.5) is 16.0 Å². The second kappa shape index (κ2) is 9.31. The molecule has 10 nitrogen and oxygen atoms in total. The number of aromatic nitrogens is 5. The Hall–Kier alpha value is -3.89. The first-order chi connectivity index (χ1) is 15.9. The molecule has 3 aromatic rings. The smallest absolute Gasteiger partial charge is 0.374 e. The molecule has 1 saturated carbocycles. The monoisotopic (exact) mass is 453 g/mol. The van der Waals surface area contributed by atoms with E-state index in [1.165, 1.54) is 22.9 Å². The molecule has 1 fully saturated rings. The van der Waals surface area contributed by atoms with Crippen LogP contribution in [-0.2, 0) is 17.2 Å². The van der Waals surface area contributed by atoms with Gasteiger partial charge >= 0.3 is 5.97 Å². The summed E-state index contributed by atoms with van der Waals surface area (Å²) in [6, 6.07) is 6.16. The fourth-order valence-corrected chi connectivity index (χ4v) is 3.78. The normalized spacial score (nSPS) is 14.3. The van der Waals surface area contributed by atoms with E-state index in [0.29, 0.717) is 18.1 Å². The molecule has 1 aliphatic carbocycles. The molecule has 2 N–H and O–H groups in total. The number of aryl methyl sites for hydroxylation is 1. The van der Waals surface area contributed by atoms with Gasteiger partial charge in [0.1, 0.15) is 11.6 Å². The van der Waals surface area contributed by atoms with Crippen molar-refractivity contribution in [2.75, 3.05) is 23.8 Å². The summed E-state index contributed by atoms with van der Waals surface area (Å²) < 4.78 is 20.7. The number of nitrogens with zero attached hydrogens (tertiary/aromatic N) is 5. The molecule has 172 valence electrons. The highest BCUT2D eigenvalue weighted by Crippen LogP contribution is 2.43. The van der Waals surface area contributed by atoms with Gasteiger partial charge in [0.2, 0.25) is 5.82 Å². The van der Waals surface area contributed by atoms with Crippen molar-refractivity contribution in [1.82, 2.24) is 24.7 Å². The van der Waals surface area contributed by atoms with Crippen LogP contribution in [0.5, 0.6) is 0 Å². The van der Waals surface area contributed by atoms with Gasteiger partial charge in [-0.15, -0.1) is 10.2 Å². The minimum atomic E-state index is -0.578. The van der Waals surface area contributed by atoms with E-state index in [4.69, 9.17) is 4.74 Å². The molecule has 0 aromatic carbocycles. The highest BCUT2D eigenvalue weighted by Gasteiger charge is 2.41. The van der Waals surface area contributed by atoms with Crippen molar-refractivity contribution in [3.05, 3.63) is 59.7 Å². The minimum absolute atomic E-state index is 0.0760. The number of nitrogens with one attached hydrogen (secondary N) is 2. The maximum Gasteiger partial charge on any atom is 0.374 e. The third kappa shape index (κ3) is 4.66. The number of esters is 1. The maximum absolute atomic E-state index is 14.3. The van der Waals surface area contributed by atoms with Crippen LogP contribution < -0.4 is 10.6 Å². The molecule has 3 heterocycles. The van der Waals surface area contributed by atoms with Gasteiger partial charge in [0.15, 0.2) is 11.5 Å². The Balaban J connectivity index is 1.38. The Kier molecular flexibility index (Phi) is 6.29. The number of ether oxygens (including phenoxy) is 1. The SMILES string of the molecule is CCOC(=O)c1nc(NC(=O)c2ccc(NCC3(c4ncccc4F)CCC3)nn2)cn1C. The number of pyridine rings is 1. The standard InChI is InChI=1S/C22H24FN7O3/c1-3-33-21(32)19-26-17(12-30(19)2)27-20(31)15-7-8-16(29-28-15)25-13-22(9-5-10-22)18-14(23)6-4-11-24-18/h4,6-8,11-12H,3,5,9-10,13H2,1-2H3,(H,25,29)(H,27,31). The van der Waals surface area contributed by atoms with Crippen molar-refractivity contribution in [1.29, 1.82) is 0 Å². The minimum Gasteiger partial charge on any atom is -0.460 e. The molecule has 0 atom stereocenters. The molecule has 0 saturated heterocycles. The molecule has 0 bridgehead atoms. The number of rotatable bonds is 8. The number of amides is 1. The van der Waals surface area contributed by atoms with E-state index in [2.05, 4.69) is 30.8 Å². The average molecular weight is 453 g/mol. The molecule has 1 aliphatic rings. The Morgan fingerprint density at radius 1 is 1.21 bits per heavy atom. The van der Waals surface area contributed by atoms with E-state index in [0.717, 1.165) is 19.3 Å². The van der Waals surface area contributed by atoms with Gasteiger partial charge in [0, 0.05) is 31.4 Å². The first kappa shape index (κ1) is 22.3. The molecule has 33 heavy (non-hydrogen) atoms. The second-order valence-electron chi connectivity index (χ2n) is 7.86. The lowest BCUT2D eigenvalue weighted by molar-refractivity contribution is 0.0508. The van der Waals surface area contributed by atoms with Gasteiger partial charge in [-0.3, -0.25) is 9.78 Å². The molecule has 0 aliphatic heterocycles. The fourth-order valence-electron chi connectivity index (χ4n) is 3.78. The Morgan fingerprint density at radius 2 is 2.03 bits per heavy atom. The zero-order valence-electron chi connectivity index (χ0n) is 18.3. The van der Waals surface area contributed by atoms with Gasteiger partial charge in [-0.2, -0.15) is 0 Å². The van der Waals surface area contributed by atoms with Crippen LogP contribution in [0.25, 0.3) is 0 Å². The van der Waals surface area contributed by atoms with E-state index in [1.54, 1.807) is 32.3 Å². The summed E-state index contributed by atoms with van der Waals surface area (Å²) in [4.78, 5) is 32.7. The summed E-state index contributed by atoms with van der Waals surface area (Å²) in [5, 5.41) is 13.8. The zero-order chi connectivity index (χ0) is 23.4. The number of anilines is 2. The van der Waals surface area contributed by atoms with Crippen molar-refractivity contribution in [3.8, 4) is 0 Å². The number of halogens is 1. The molecule has 11 heteroatoms. The maximum atomic E-state index is 14.3. The molecule has 0 spiro atoms. The first-order valence-corrected chi connectivity index (χ1v) is 10.6. The lowest BCUT2D eigenvalue weighted by Gasteiger charge is -2.41. The van der Waals surface area contributed by atoms with Crippen molar-refractivity contribution >= 4 is 23.5 Å². The highest BCUT2D eigenvalue weighted by molar-refractivity contribution is 6.02. The van der Waals surface area contributed by atoms with Crippen LogP contribution in [0.2, 0.25) is 0 Å². The van der Waals surface area contributed by atoms with Gasteiger partial charge < -0.3 is 19.9 Å². The van der Waals surface area contributed by atoms with Crippen LogP contribution in [0.15, 0.2) is 36.7 Å². The topological polar surface area (TPSA) is 124 Å². The summed E-state index contributed by atoms with van der Waals surface area (Å²) in [5.41, 5.74) is 0.168. The van der Waals surface area contributed by atoms with Crippen molar-refractivity contribution in [2.24, 2.45) is 7.05 Å². The Bertz CT molecular complexity index is 1160. The van der Waals surface area contributed by atoms with E-state index in [-0.39, 0.29) is 35.2 Å². The zero-order valence-corrected chi connectivity index (χ0v) is 18.3. The highest BCUT2D eigenvalue weighted by atomic mass is 19.1. The number of hydrogen-bond donors (Lipinski definition) is 2. The summed E-state index contributed by atoms with van der Waals surface area (Å²) in [7, 11) is 1.63. The quantitative estimate of drug-likeness (QED) is 0.499. The Morgan fingerprint density at radius 3 is 2.67 bits per heavy atom. The van der Waals surface area contributed by atoms with Gasteiger partial charge in [-0.25, -0.2) is 14.2 Å². The van der Waals surface area contributed by atoms with Crippen LogP contribution in [0.3, 0.4) is 0 Å². The molecular weight excluding hydrogens is 429 g/mol. The van der Waals surface area contributed by atoms with E-state index in [1.807, 2.05) is 0 Å². The molecule has 0 unspecified atom stereocenters. The third-order valence-corrected chi connectivity index (χ3v) is 5.65. The lowest BCUT2D eigenvalue weighted by Crippen LogP contribution is -2.42. The third-order valence-electron chi connectivity index (χ3n) is 5.65. The number of imidazole rings is 1. The summed E-state index contributed by atoms with van der Waals surface area (Å²) in [6.45, 7) is 2.39. The molecule has 1 amide bonds. The second-order valence-corrected chi connectivity index (χ2v) is 7.86. The molecule has 0 radical (unpaired) electrons. The predicted molar refractivity (Wildman–Crippen MR) is 117 cm³/mol. The van der Waals surface area contributed by atoms with Crippen molar-refractivity contribution < 1.29 is 18.7 Å². The first-order valence-electron chi connectivity index (χ1n) is 10.6. The lowest BCUT2D eigenvalue weighted by atomic mass is 9.66. The summed E-state index contributed by atoms with van der Waals surface area (Å²) in [5.74, 6) is -0.667. The molecular formula is C22H24FN7O3. The van der Waals surface area contributed by atoms with Crippen LogP contribution in [0, 0.1) is 5.82 Å². The van der Waals surface area contributed by atoms with Crippen molar-refractivity contribution in [2.45, 2.75) is 31.6 Å². The average Bonchev–Trinajstić information content (AvgIpc) is 3.14. The van der Waals surface area contributed by atoms with Gasteiger partial charge in [-0.05, 0) is 44.0 Å². The Labute approximate surface area is 189 Å². The van der Waals surface area contributed by atoms with Gasteiger partial charge in [0.05, 0.1) is 12.3 Å². The predicted octanol–water partition coefficient (Wildman–Crippen LogP) is 2.71. The number of carbonyl (C=O) groups is 2. The largest absolute Gasteiger partial charge is 0.460 e. The number of carbonyl (C=O) groups excluding carboxylic acids is 2. The van der Waals surface area contributed by atoms with Gasteiger partial charge in [0.25, 0.3) is 5.91 Å². The summed E-state index contributed by atoms with van der Waals surface area (Å²) in [6.07, 6.45) is 5.78. The fraction of sp³-hybridized carbons (Fsp3) is 0.364. The number of hydrogen-bond acceptors (Lipinski definition) is 8. The van der Waals surface area contributed by atoms with E-state index < -0.39 is 11.9 Å². The van der Waals surface area contributed by atoms with Crippen LogP contribution >= 0.6 is 0 Å². The van der Waals surface area contributed by atoms with Crippen molar-refractivity contribution in [3.63, 3.8) is 0 Å². The van der Waals surface area contributed by atoms with Crippen LogP contribution in [-0.4, -0.2) is 49.8 Å².